The van der Waals surface area contributed by atoms with Gasteiger partial charge >= 0.3 is 5.97 Å². The quantitative estimate of drug-likeness (QED) is 0.555. The van der Waals surface area contributed by atoms with E-state index in [1.165, 1.54) is 6.92 Å². The van der Waals surface area contributed by atoms with Crippen molar-refractivity contribution in [2.24, 2.45) is 10.1 Å². The molecule has 1 aliphatic heterocycles. The van der Waals surface area contributed by atoms with E-state index in [4.69, 9.17) is 4.84 Å². The largest absolute Gasteiger partial charge is 0.494 e. The average Bonchev–Trinajstić information content (AvgIpc) is 3.10. The lowest BCUT2D eigenvalue weighted by atomic mass is 10.0. The number of H-pyrrole nitrogens is 1. The molecule has 0 aliphatic carbocycles. The maximum atomic E-state index is 11.2. The standard InChI is InChI=1S/C19H15N3O3/c1-10-6-5-8-13-15(19(24)21-16(10)13)18-17(22-25-11(2)23)12-7-3-4-9-14(12)20-18/h3-9,21,24H,1-2H3/b22-17+. The molecule has 0 spiro atoms. The number of nitrogens with one attached hydrogen (secondary N) is 1. The van der Waals surface area contributed by atoms with Gasteiger partial charge in [0.25, 0.3) is 0 Å². The molecule has 0 radical (unpaired) electrons. The molecule has 4 rings (SSSR count). The highest BCUT2D eigenvalue weighted by Crippen LogP contribution is 2.36. The number of benzene rings is 2. The van der Waals surface area contributed by atoms with Gasteiger partial charge in [0, 0.05) is 17.9 Å². The number of aromatic amines is 1. The Kier molecular flexibility index (Phi) is 3.39. The number of aromatic nitrogens is 1. The molecule has 0 amide bonds. The summed E-state index contributed by atoms with van der Waals surface area (Å²) in [5.74, 6) is -0.512. The first-order valence-corrected chi connectivity index (χ1v) is 7.81. The van der Waals surface area contributed by atoms with Crippen molar-refractivity contribution in [3.8, 4) is 5.88 Å². The summed E-state index contributed by atoms with van der Waals surface area (Å²) in [4.78, 5) is 23.7. The van der Waals surface area contributed by atoms with E-state index in [2.05, 4.69) is 15.1 Å². The van der Waals surface area contributed by atoms with Crippen molar-refractivity contribution in [2.75, 3.05) is 0 Å². The molecular formula is C19H15N3O3. The Hall–Kier alpha value is -3.41. The van der Waals surface area contributed by atoms with Gasteiger partial charge in [-0.2, -0.15) is 0 Å². The first-order valence-electron chi connectivity index (χ1n) is 7.81. The molecular weight excluding hydrogens is 318 g/mol. The molecule has 124 valence electrons. The fourth-order valence-electron chi connectivity index (χ4n) is 3.04. The van der Waals surface area contributed by atoms with Gasteiger partial charge < -0.3 is 14.9 Å². The third kappa shape index (κ3) is 2.39. The van der Waals surface area contributed by atoms with E-state index in [-0.39, 0.29) is 5.88 Å². The zero-order valence-corrected chi connectivity index (χ0v) is 13.7. The number of carbonyl (C=O) groups is 1. The summed E-state index contributed by atoms with van der Waals surface area (Å²) < 4.78 is 0. The van der Waals surface area contributed by atoms with Gasteiger partial charge in [0.1, 0.15) is 11.4 Å². The Morgan fingerprint density at radius 1 is 1.20 bits per heavy atom. The van der Waals surface area contributed by atoms with Crippen LogP contribution >= 0.6 is 0 Å². The van der Waals surface area contributed by atoms with Crippen LogP contribution in [-0.2, 0) is 9.63 Å². The van der Waals surface area contributed by atoms with Gasteiger partial charge in [-0.05, 0) is 18.6 Å². The van der Waals surface area contributed by atoms with Crippen molar-refractivity contribution in [3.63, 3.8) is 0 Å². The van der Waals surface area contributed by atoms with Crippen molar-refractivity contribution in [1.82, 2.24) is 4.98 Å². The zero-order chi connectivity index (χ0) is 17.6. The summed E-state index contributed by atoms with van der Waals surface area (Å²) in [5.41, 5.74) is 4.74. The fourth-order valence-corrected chi connectivity index (χ4v) is 3.04. The van der Waals surface area contributed by atoms with E-state index in [9.17, 15) is 9.90 Å². The molecule has 3 aromatic rings. The van der Waals surface area contributed by atoms with Crippen LogP contribution in [0.2, 0.25) is 0 Å². The number of carbonyl (C=O) groups excluding carboxylic acids is 1. The minimum atomic E-state index is -0.518. The maximum Gasteiger partial charge on any atom is 0.332 e. The van der Waals surface area contributed by atoms with Crippen LogP contribution in [0.5, 0.6) is 5.88 Å². The molecule has 2 heterocycles. The molecule has 0 atom stereocenters. The highest BCUT2D eigenvalue weighted by atomic mass is 16.7. The van der Waals surface area contributed by atoms with E-state index in [1.54, 1.807) is 0 Å². The lowest BCUT2D eigenvalue weighted by Gasteiger charge is -2.04. The monoisotopic (exact) mass is 333 g/mol. The van der Waals surface area contributed by atoms with Crippen LogP contribution in [0.4, 0.5) is 5.69 Å². The minimum absolute atomic E-state index is 0.00591. The van der Waals surface area contributed by atoms with Gasteiger partial charge in [0.2, 0.25) is 0 Å². The number of aromatic hydroxyl groups is 1. The van der Waals surface area contributed by atoms with E-state index >= 15 is 0 Å². The first-order chi connectivity index (χ1) is 12.1. The fraction of sp³-hybridized carbons (Fsp3) is 0.105. The smallest absolute Gasteiger partial charge is 0.332 e. The predicted octanol–water partition coefficient (Wildman–Crippen LogP) is 3.58. The first kappa shape index (κ1) is 15.1. The van der Waals surface area contributed by atoms with E-state index in [0.717, 1.165) is 22.0 Å². The summed E-state index contributed by atoms with van der Waals surface area (Å²) in [7, 11) is 0. The Bertz CT molecular complexity index is 1080. The van der Waals surface area contributed by atoms with Crippen LogP contribution in [0, 0.1) is 6.92 Å². The van der Waals surface area contributed by atoms with Crippen molar-refractivity contribution < 1.29 is 14.7 Å². The highest BCUT2D eigenvalue weighted by molar-refractivity contribution is 6.58. The number of aliphatic imine (C=N–C) groups is 1. The predicted molar refractivity (Wildman–Crippen MR) is 95.6 cm³/mol. The Labute approximate surface area is 143 Å². The van der Waals surface area contributed by atoms with Gasteiger partial charge in [0.15, 0.2) is 5.88 Å². The molecule has 1 aromatic heterocycles. The Morgan fingerprint density at radius 2 is 2.00 bits per heavy atom. The van der Waals surface area contributed by atoms with Gasteiger partial charge in [-0.25, -0.2) is 9.79 Å². The van der Waals surface area contributed by atoms with Gasteiger partial charge in [-0.15, -0.1) is 0 Å². The molecule has 0 bridgehead atoms. The summed E-state index contributed by atoms with van der Waals surface area (Å²) >= 11 is 0. The summed E-state index contributed by atoms with van der Waals surface area (Å²) in [5, 5.41) is 15.3. The normalized spacial score (nSPS) is 14.6. The Balaban J connectivity index is 1.96. The van der Waals surface area contributed by atoms with E-state index in [1.807, 2.05) is 49.4 Å². The lowest BCUT2D eigenvalue weighted by Crippen LogP contribution is -2.14. The minimum Gasteiger partial charge on any atom is -0.494 e. The van der Waals surface area contributed by atoms with Gasteiger partial charge in [0.05, 0.1) is 16.8 Å². The number of rotatable bonds is 2. The highest BCUT2D eigenvalue weighted by Gasteiger charge is 2.29. The lowest BCUT2D eigenvalue weighted by molar-refractivity contribution is -0.140. The molecule has 0 saturated carbocycles. The van der Waals surface area contributed by atoms with E-state index < -0.39 is 5.97 Å². The maximum absolute atomic E-state index is 11.2. The number of oxime groups is 1. The molecule has 6 heteroatoms. The molecule has 25 heavy (non-hydrogen) atoms. The average molecular weight is 333 g/mol. The van der Waals surface area contributed by atoms with Crippen molar-refractivity contribution in [1.29, 1.82) is 0 Å². The number of nitrogens with zero attached hydrogens (tertiary/aromatic N) is 2. The second-order valence-electron chi connectivity index (χ2n) is 5.85. The van der Waals surface area contributed by atoms with Crippen LogP contribution in [-0.4, -0.2) is 27.5 Å². The van der Waals surface area contributed by atoms with Crippen LogP contribution in [0.25, 0.3) is 10.9 Å². The second-order valence-corrected chi connectivity index (χ2v) is 5.85. The zero-order valence-electron chi connectivity index (χ0n) is 13.7. The van der Waals surface area contributed by atoms with Crippen LogP contribution in [0.15, 0.2) is 52.6 Å². The third-order valence-corrected chi connectivity index (χ3v) is 4.14. The second kappa shape index (κ2) is 5.59. The van der Waals surface area contributed by atoms with Crippen molar-refractivity contribution in [2.45, 2.75) is 13.8 Å². The number of para-hydroxylation sites is 2. The summed E-state index contributed by atoms with van der Waals surface area (Å²) in [6.45, 7) is 3.25. The van der Waals surface area contributed by atoms with Crippen molar-refractivity contribution in [3.05, 3.63) is 59.2 Å². The van der Waals surface area contributed by atoms with Crippen molar-refractivity contribution >= 4 is 34.0 Å². The van der Waals surface area contributed by atoms with Gasteiger partial charge in [-0.3, -0.25) is 0 Å². The molecule has 1 aliphatic rings. The summed E-state index contributed by atoms with van der Waals surface area (Å²) in [6.07, 6.45) is 0. The topological polar surface area (TPSA) is 87.0 Å². The molecule has 0 unspecified atom stereocenters. The number of hydrogen-bond donors (Lipinski definition) is 2. The van der Waals surface area contributed by atoms with Crippen LogP contribution < -0.4 is 0 Å². The molecule has 0 saturated heterocycles. The van der Waals surface area contributed by atoms with E-state index in [0.29, 0.717) is 22.7 Å². The number of fused-ring (bicyclic) bond motifs is 2. The van der Waals surface area contributed by atoms with Crippen LogP contribution in [0.1, 0.15) is 23.6 Å². The SMILES string of the molecule is CC(=O)O/N=C1/C(c2c(O)[nH]c3c(C)cccc23)=Nc2ccccc21. The molecule has 0 fully saturated rings. The Morgan fingerprint density at radius 3 is 2.80 bits per heavy atom. The van der Waals surface area contributed by atoms with Gasteiger partial charge in [-0.1, -0.05) is 41.6 Å². The third-order valence-electron chi connectivity index (χ3n) is 4.14. The molecule has 2 N–H and O–H groups in total. The number of hydrogen-bond acceptors (Lipinski definition) is 5. The summed E-state index contributed by atoms with van der Waals surface area (Å²) in [6, 6.07) is 13.2. The number of aryl methyl sites for hydroxylation is 1. The van der Waals surface area contributed by atoms with Crippen LogP contribution in [0.3, 0.4) is 0 Å². The molecule has 6 nitrogen and oxygen atoms in total. The molecule has 2 aromatic carbocycles.